The maximum Gasteiger partial charge on any atom is 0.312 e. The Hall–Kier alpha value is -1.13. The van der Waals surface area contributed by atoms with Crippen molar-refractivity contribution in [2.75, 3.05) is 7.11 Å². The third kappa shape index (κ3) is 2.54. The Morgan fingerprint density at radius 3 is 2.20 bits per heavy atom. The Kier molecular flexibility index (Phi) is 3.82. The Bertz CT molecular complexity index is 503. The number of aryl methyl sites for hydroxylation is 1. The molecule has 1 aliphatic carbocycles. The summed E-state index contributed by atoms with van der Waals surface area (Å²) < 4.78 is 11.4. The van der Waals surface area contributed by atoms with Gasteiger partial charge in [0.15, 0.2) is 8.32 Å². The zero-order valence-electron chi connectivity index (χ0n) is 13.2. The molecule has 0 spiro atoms. The molecule has 0 radical (unpaired) electrons. The molecule has 20 heavy (non-hydrogen) atoms. The number of rotatable bonds is 4. The number of carbonyl (C=O) groups is 1. The van der Waals surface area contributed by atoms with Crippen LogP contribution in [0.1, 0.15) is 18.1 Å². The molecular weight excluding hydrogens is 268 g/mol. The monoisotopic (exact) mass is 292 g/mol. The van der Waals surface area contributed by atoms with Gasteiger partial charge in [-0.15, -0.1) is 0 Å². The fourth-order valence-corrected chi connectivity index (χ4v) is 4.46. The molecule has 110 valence electrons. The molecule has 0 aliphatic heterocycles. The lowest BCUT2D eigenvalue weighted by molar-refractivity contribution is -0.144. The first-order chi connectivity index (χ1) is 9.22. The van der Waals surface area contributed by atoms with Gasteiger partial charge < -0.3 is 9.16 Å². The van der Waals surface area contributed by atoms with Crippen molar-refractivity contribution in [3.63, 3.8) is 0 Å². The van der Waals surface area contributed by atoms with E-state index in [1.54, 1.807) is 0 Å². The second kappa shape index (κ2) is 5.01. The van der Waals surface area contributed by atoms with Gasteiger partial charge in [0.2, 0.25) is 0 Å². The number of methoxy groups -OCH3 is 1. The number of hydrogen-bond donors (Lipinski definition) is 0. The summed E-state index contributed by atoms with van der Waals surface area (Å²) in [6.45, 7) is 10.6. The second-order valence-corrected chi connectivity index (χ2v) is 11.1. The molecular formula is C16H24O3Si. The zero-order valence-corrected chi connectivity index (χ0v) is 14.2. The molecule has 1 aromatic carbocycles. The van der Waals surface area contributed by atoms with Crippen LogP contribution >= 0.6 is 0 Å². The van der Waals surface area contributed by atoms with Crippen molar-refractivity contribution in [1.82, 2.24) is 0 Å². The minimum absolute atomic E-state index is 0.157. The first-order valence-corrected chi connectivity index (χ1v) is 10.5. The lowest BCUT2D eigenvalue weighted by Crippen LogP contribution is -2.35. The lowest BCUT2D eigenvalue weighted by atomic mass is 10.0. The van der Waals surface area contributed by atoms with Crippen LogP contribution in [0.2, 0.25) is 19.6 Å². The van der Waals surface area contributed by atoms with Crippen LogP contribution in [0.3, 0.4) is 0 Å². The molecule has 2 rings (SSSR count). The first kappa shape index (κ1) is 15.3. The average Bonchev–Trinajstić information content (AvgIpc) is 2.92. The molecule has 1 saturated carbocycles. The summed E-state index contributed by atoms with van der Waals surface area (Å²) in [4.78, 5) is 12.0. The van der Waals surface area contributed by atoms with Crippen LogP contribution in [0.25, 0.3) is 0 Å². The highest BCUT2D eigenvalue weighted by molar-refractivity contribution is 6.69. The molecule has 0 amide bonds. The van der Waals surface area contributed by atoms with Crippen molar-refractivity contribution in [1.29, 1.82) is 0 Å². The topological polar surface area (TPSA) is 35.5 Å². The molecule has 0 N–H and O–H groups in total. The molecule has 3 nitrogen and oxygen atoms in total. The molecule has 0 unspecified atom stereocenters. The normalized spacial score (nSPS) is 29.1. The number of benzene rings is 1. The summed E-state index contributed by atoms with van der Waals surface area (Å²) in [5.74, 6) is -0.206. The van der Waals surface area contributed by atoms with Gasteiger partial charge in [-0.3, -0.25) is 4.79 Å². The van der Waals surface area contributed by atoms with Crippen molar-refractivity contribution >= 4 is 14.3 Å². The molecule has 0 saturated heterocycles. The summed E-state index contributed by atoms with van der Waals surface area (Å²) >= 11 is 0. The van der Waals surface area contributed by atoms with E-state index in [1.807, 2.05) is 0 Å². The van der Waals surface area contributed by atoms with Crippen molar-refractivity contribution in [3.05, 3.63) is 35.4 Å². The third-order valence-corrected chi connectivity index (χ3v) is 4.91. The van der Waals surface area contributed by atoms with E-state index in [9.17, 15) is 4.79 Å². The Morgan fingerprint density at radius 2 is 1.75 bits per heavy atom. The summed E-state index contributed by atoms with van der Waals surface area (Å²) in [5, 5.41) is 0. The van der Waals surface area contributed by atoms with Gasteiger partial charge >= 0.3 is 5.97 Å². The SMILES string of the molecule is COC(=O)[C@@H]1[C@H](C)[C@]1(O[Si](C)(C)C)c1ccc(C)cc1. The van der Waals surface area contributed by atoms with Crippen molar-refractivity contribution in [2.24, 2.45) is 11.8 Å². The summed E-state index contributed by atoms with van der Waals surface area (Å²) in [6, 6.07) is 8.30. The number of ether oxygens (including phenoxy) is 1. The fourth-order valence-electron chi connectivity index (χ4n) is 3.02. The highest BCUT2D eigenvalue weighted by Gasteiger charge is 2.69. The summed E-state index contributed by atoms with van der Waals surface area (Å²) in [7, 11) is -0.330. The molecule has 1 aliphatic rings. The van der Waals surface area contributed by atoms with E-state index in [2.05, 4.69) is 57.8 Å². The van der Waals surface area contributed by atoms with Gasteiger partial charge in [0.1, 0.15) is 0 Å². The number of hydrogen-bond acceptors (Lipinski definition) is 3. The number of carbonyl (C=O) groups excluding carboxylic acids is 1. The van der Waals surface area contributed by atoms with E-state index < -0.39 is 13.9 Å². The van der Waals surface area contributed by atoms with Gasteiger partial charge in [-0.2, -0.15) is 0 Å². The molecule has 0 bridgehead atoms. The van der Waals surface area contributed by atoms with Crippen LogP contribution in [0.15, 0.2) is 24.3 Å². The predicted molar refractivity (Wildman–Crippen MR) is 82.0 cm³/mol. The van der Waals surface area contributed by atoms with E-state index in [0.717, 1.165) is 5.56 Å². The Balaban J connectivity index is 2.41. The van der Waals surface area contributed by atoms with Gasteiger partial charge in [0.05, 0.1) is 18.6 Å². The maximum atomic E-state index is 12.0. The van der Waals surface area contributed by atoms with Crippen LogP contribution < -0.4 is 0 Å². The van der Waals surface area contributed by atoms with Gasteiger partial charge in [-0.1, -0.05) is 36.8 Å². The highest BCUT2D eigenvalue weighted by atomic mass is 28.4. The first-order valence-electron chi connectivity index (χ1n) is 7.07. The van der Waals surface area contributed by atoms with Crippen LogP contribution in [0, 0.1) is 18.8 Å². The minimum atomic E-state index is -1.78. The fraction of sp³-hybridized carbons (Fsp3) is 0.562. The molecule has 3 atom stereocenters. The van der Waals surface area contributed by atoms with E-state index in [0.29, 0.717) is 0 Å². The molecule has 4 heteroatoms. The largest absolute Gasteiger partial charge is 0.469 e. The predicted octanol–water partition coefficient (Wildman–Crippen LogP) is 3.48. The zero-order chi connectivity index (χ0) is 15.1. The minimum Gasteiger partial charge on any atom is -0.469 e. The van der Waals surface area contributed by atoms with Crippen molar-refractivity contribution in [3.8, 4) is 0 Å². The maximum absolute atomic E-state index is 12.0. The highest BCUT2D eigenvalue weighted by Crippen LogP contribution is 2.62. The van der Waals surface area contributed by atoms with E-state index in [1.165, 1.54) is 12.7 Å². The molecule has 1 aromatic rings. The van der Waals surface area contributed by atoms with E-state index in [-0.39, 0.29) is 17.8 Å². The standard InChI is InChI=1S/C16H24O3Si/c1-11-7-9-13(10-8-11)16(19-20(4,5)6)12(2)14(16)15(17)18-3/h7-10,12,14H,1-6H3/t12-,14-,16-/m0/s1. The summed E-state index contributed by atoms with van der Waals surface area (Å²) in [6.07, 6.45) is 0. The van der Waals surface area contributed by atoms with Crippen LogP contribution in [0.4, 0.5) is 0 Å². The molecule has 0 aromatic heterocycles. The van der Waals surface area contributed by atoms with Crippen LogP contribution in [-0.2, 0) is 19.6 Å². The van der Waals surface area contributed by atoms with Crippen LogP contribution in [0.5, 0.6) is 0 Å². The van der Waals surface area contributed by atoms with E-state index >= 15 is 0 Å². The smallest absolute Gasteiger partial charge is 0.312 e. The van der Waals surface area contributed by atoms with Gasteiger partial charge in [-0.05, 0) is 32.1 Å². The average molecular weight is 292 g/mol. The van der Waals surface area contributed by atoms with Gasteiger partial charge in [0.25, 0.3) is 0 Å². The van der Waals surface area contributed by atoms with E-state index in [4.69, 9.17) is 9.16 Å². The summed E-state index contributed by atoms with van der Waals surface area (Å²) in [5.41, 5.74) is 1.80. The van der Waals surface area contributed by atoms with Crippen molar-refractivity contribution < 1.29 is 14.0 Å². The molecule has 0 heterocycles. The van der Waals surface area contributed by atoms with Crippen LogP contribution in [-0.4, -0.2) is 21.4 Å². The van der Waals surface area contributed by atoms with Gasteiger partial charge in [0, 0.05) is 5.92 Å². The molecule has 1 fully saturated rings. The van der Waals surface area contributed by atoms with Crippen molar-refractivity contribution in [2.45, 2.75) is 39.1 Å². The Labute approximate surface area is 122 Å². The number of esters is 1. The second-order valence-electron chi connectivity index (χ2n) is 6.66. The van der Waals surface area contributed by atoms with Gasteiger partial charge in [-0.25, -0.2) is 0 Å². The lowest BCUT2D eigenvalue weighted by Gasteiger charge is -2.28. The third-order valence-electron chi connectivity index (χ3n) is 3.96. The Morgan fingerprint density at radius 1 is 1.20 bits per heavy atom. The quantitative estimate of drug-likeness (QED) is 0.629.